The highest BCUT2D eigenvalue weighted by Crippen LogP contribution is 2.16. The van der Waals surface area contributed by atoms with Crippen LogP contribution >= 0.6 is 0 Å². The number of nitrogens with zero attached hydrogens (tertiary/aromatic N) is 2. The van der Waals surface area contributed by atoms with Gasteiger partial charge in [-0.2, -0.15) is 0 Å². The van der Waals surface area contributed by atoms with Gasteiger partial charge in [0, 0.05) is 31.9 Å². The summed E-state index contributed by atoms with van der Waals surface area (Å²) in [7, 11) is 1.71. The molecule has 0 atom stereocenters. The highest BCUT2D eigenvalue weighted by Gasteiger charge is 2.01. The van der Waals surface area contributed by atoms with E-state index < -0.39 is 0 Å². The van der Waals surface area contributed by atoms with E-state index in [1.54, 1.807) is 19.3 Å². The van der Waals surface area contributed by atoms with Crippen molar-refractivity contribution in [3.05, 3.63) is 54.4 Å². The zero-order chi connectivity index (χ0) is 17.9. The number of hydrogen-bond acceptors (Lipinski definition) is 4. The molecule has 0 fully saturated rings. The first kappa shape index (κ1) is 18.3. The van der Waals surface area contributed by atoms with Crippen molar-refractivity contribution in [1.29, 1.82) is 0 Å². The van der Waals surface area contributed by atoms with Gasteiger partial charge < -0.3 is 20.7 Å². The summed E-state index contributed by atoms with van der Waals surface area (Å²) in [6, 6.07) is 13.1. The van der Waals surface area contributed by atoms with Crippen LogP contribution in [0.5, 0.6) is 5.75 Å². The van der Waals surface area contributed by atoms with E-state index in [0.717, 1.165) is 5.69 Å². The highest BCUT2D eigenvalue weighted by molar-refractivity contribution is 5.88. The Balaban J connectivity index is 1.71. The summed E-state index contributed by atoms with van der Waals surface area (Å²) in [4.78, 5) is 19.5. The fourth-order valence-electron chi connectivity index (χ4n) is 2.10. The number of rotatable bonds is 7. The minimum Gasteiger partial charge on any atom is -0.492 e. The fraction of sp³-hybridized carbons (Fsp3) is 0.278. The maximum Gasteiger partial charge on any atom is 0.221 e. The summed E-state index contributed by atoms with van der Waals surface area (Å²) < 4.78 is 5.68. The van der Waals surface area contributed by atoms with Gasteiger partial charge in [0.25, 0.3) is 0 Å². The van der Waals surface area contributed by atoms with Gasteiger partial charge in [-0.1, -0.05) is 12.1 Å². The largest absolute Gasteiger partial charge is 0.492 e. The second kappa shape index (κ2) is 9.92. The Hall–Kier alpha value is -3.09. The molecule has 0 unspecified atom stereocenters. The standard InChI is InChI=1S/C18H23N5O2/c1-14(24)23-15-7-5-8-17(12-15)25-11-10-21-18(19-2)22-13-16-6-3-4-9-20-16/h3-9,12H,10-11,13H2,1-2H3,(H,23,24)(H2,19,21,22). The Morgan fingerprint density at radius 3 is 2.80 bits per heavy atom. The first-order chi connectivity index (χ1) is 12.2. The van der Waals surface area contributed by atoms with Crippen molar-refractivity contribution in [1.82, 2.24) is 15.6 Å². The van der Waals surface area contributed by atoms with Crippen LogP contribution in [0.1, 0.15) is 12.6 Å². The molecule has 7 nitrogen and oxygen atoms in total. The van der Waals surface area contributed by atoms with E-state index in [1.165, 1.54) is 6.92 Å². The molecule has 7 heteroatoms. The van der Waals surface area contributed by atoms with Crippen molar-refractivity contribution in [2.24, 2.45) is 4.99 Å². The minimum atomic E-state index is -0.110. The summed E-state index contributed by atoms with van der Waals surface area (Å²) in [5, 5.41) is 9.09. The van der Waals surface area contributed by atoms with Gasteiger partial charge in [-0.05, 0) is 24.3 Å². The SMILES string of the molecule is CN=C(NCCOc1cccc(NC(C)=O)c1)NCc1ccccn1. The van der Waals surface area contributed by atoms with E-state index in [0.29, 0.717) is 37.1 Å². The lowest BCUT2D eigenvalue weighted by atomic mass is 10.3. The van der Waals surface area contributed by atoms with Crippen molar-refractivity contribution < 1.29 is 9.53 Å². The zero-order valence-corrected chi connectivity index (χ0v) is 14.5. The molecular formula is C18H23N5O2. The van der Waals surface area contributed by atoms with E-state index in [1.807, 2.05) is 36.4 Å². The van der Waals surface area contributed by atoms with Crippen LogP contribution in [0.4, 0.5) is 5.69 Å². The first-order valence-electron chi connectivity index (χ1n) is 8.02. The summed E-state index contributed by atoms with van der Waals surface area (Å²) in [5.74, 6) is 1.27. The van der Waals surface area contributed by atoms with Gasteiger partial charge in [0.1, 0.15) is 12.4 Å². The molecule has 0 aliphatic carbocycles. The Bertz CT molecular complexity index is 704. The molecular weight excluding hydrogens is 318 g/mol. The van der Waals surface area contributed by atoms with E-state index in [4.69, 9.17) is 4.74 Å². The summed E-state index contributed by atoms with van der Waals surface area (Å²) >= 11 is 0. The molecule has 1 amide bonds. The number of pyridine rings is 1. The summed E-state index contributed by atoms with van der Waals surface area (Å²) in [6.45, 7) is 3.13. The number of hydrogen-bond donors (Lipinski definition) is 3. The molecule has 1 aromatic heterocycles. The number of carbonyl (C=O) groups excluding carboxylic acids is 1. The number of benzene rings is 1. The molecule has 1 heterocycles. The van der Waals surface area contributed by atoms with Crippen molar-refractivity contribution in [3.63, 3.8) is 0 Å². The summed E-state index contributed by atoms with van der Waals surface area (Å²) in [6.07, 6.45) is 1.76. The molecule has 0 saturated heterocycles. The number of ether oxygens (including phenoxy) is 1. The van der Waals surface area contributed by atoms with Crippen LogP contribution in [0.2, 0.25) is 0 Å². The van der Waals surface area contributed by atoms with E-state index in [9.17, 15) is 4.79 Å². The van der Waals surface area contributed by atoms with E-state index in [2.05, 4.69) is 25.9 Å². The molecule has 2 rings (SSSR count). The molecule has 1 aromatic carbocycles. The molecule has 0 spiro atoms. The number of aliphatic imine (C=N–C) groups is 1. The molecule has 0 aliphatic rings. The molecule has 0 saturated carbocycles. The molecule has 0 aliphatic heterocycles. The van der Waals surface area contributed by atoms with Crippen LogP contribution < -0.4 is 20.7 Å². The van der Waals surface area contributed by atoms with Gasteiger partial charge in [-0.15, -0.1) is 0 Å². The van der Waals surface area contributed by atoms with Gasteiger partial charge >= 0.3 is 0 Å². The maximum atomic E-state index is 11.1. The van der Waals surface area contributed by atoms with Crippen LogP contribution in [-0.4, -0.2) is 37.1 Å². The second-order valence-corrected chi connectivity index (χ2v) is 5.23. The lowest BCUT2D eigenvalue weighted by Gasteiger charge is -2.12. The number of amides is 1. The third-order valence-electron chi connectivity index (χ3n) is 3.20. The van der Waals surface area contributed by atoms with E-state index in [-0.39, 0.29) is 5.91 Å². The van der Waals surface area contributed by atoms with Crippen molar-refractivity contribution >= 4 is 17.6 Å². The quantitative estimate of drug-likeness (QED) is 0.406. The third-order valence-corrected chi connectivity index (χ3v) is 3.20. The van der Waals surface area contributed by atoms with Gasteiger partial charge in [-0.3, -0.25) is 14.8 Å². The average molecular weight is 341 g/mol. The third kappa shape index (κ3) is 6.90. The fourth-order valence-corrected chi connectivity index (χ4v) is 2.10. The molecule has 2 aromatic rings. The van der Waals surface area contributed by atoms with Crippen LogP contribution in [0.15, 0.2) is 53.7 Å². The predicted octanol–water partition coefficient (Wildman–Crippen LogP) is 1.78. The van der Waals surface area contributed by atoms with Gasteiger partial charge in [0.05, 0.1) is 18.8 Å². The number of guanidine groups is 1. The topological polar surface area (TPSA) is 87.6 Å². The van der Waals surface area contributed by atoms with Crippen molar-refractivity contribution in [2.75, 3.05) is 25.5 Å². The Morgan fingerprint density at radius 1 is 1.20 bits per heavy atom. The number of aromatic nitrogens is 1. The van der Waals surface area contributed by atoms with Crippen LogP contribution in [0, 0.1) is 0 Å². The van der Waals surface area contributed by atoms with Gasteiger partial charge in [0.2, 0.25) is 5.91 Å². The normalized spacial score (nSPS) is 10.9. The van der Waals surface area contributed by atoms with Gasteiger partial charge in [0.15, 0.2) is 5.96 Å². The molecule has 25 heavy (non-hydrogen) atoms. The number of nitrogens with one attached hydrogen (secondary N) is 3. The number of carbonyl (C=O) groups is 1. The zero-order valence-electron chi connectivity index (χ0n) is 14.5. The number of anilines is 1. The van der Waals surface area contributed by atoms with E-state index >= 15 is 0 Å². The van der Waals surface area contributed by atoms with Gasteiger partial charge in [-0.25, -0.2) is 0 Å². The Labute approximate surface area is 147 Å². The van der Waals surface area contributed by atoms with Crippen LogP contribution in [-0.2, 0) is 11.3 Å². The first-order valence-corrected chi connectivity index (χ1v) is 8.02. The predicted molar refractivity (Wildman–Crippen MR) is 98.7 cm³/mol. The highest BCUT2D eigenvalue weighted by atomic mass is 16.5. The smallest absolute Gasteiger partial charge is 0.221 e. The average Bonchev–Trinajstić information content (AvgIpc) is 2.62. The second-order valence-electron chi connectivity index (χ2n) is 5.23. The molecule has 0 bridgehead atoms. The lowest BCUT2D eigenvalue weighted by molar-refractivity contribution is -0.114. The Kier molecular flexibility index (Phi) is 7.24. The van der Waals surface area contributed by atoms with Crippen LogP contribution in [0.25, 0.3) is 0 Å². The maximum absolute atomic E-state index is 11.1. The van der Waals surface area contributed by atoms with Crippen molar-refractivity contribution in [2.45, 2.75) is 13.5 Å². The summed E-state index contributed by atoms with van der Waals surface area (Å²) in [5.41, 5.74) is 1.65. The van der Waals surface area contributed by atoms with Crippen molar-refractivity contribution in [3.8, 4) is 5.75 Å². The molecule has 132 valence electrons. The molecule has 3 N–H and O–H groups in total. The Morgan fingerprint density at radius 2 is 2.08 bits per heavy atom. The van der Waals surface area contributed by atoms with Crippen LogP contribution in [0.3, 0.4) is 0 Å². The minimum absolute atomic E-state index is 0.110. The monoisotopic (exact) mass is 341 g/mol. The molecule has 0 radical (unpaired) electrons. The lowest BCUT2D eigenvalue weighted by Crippen LogP contribution is -2.39.